The number of halogens is 3. The van der Waals surface area contributed by atoms with Crippen LogP contribution < -0.4 is 4.90 Å². The van der Waals surface area contributed by atoms with E-state index in [2.05, 4.69) is 17.1 Å². The van der Waals surface area contributed by atoms with Crippen LogP contribution >= 0.6 is 11.3 Å². The first-order chi connectivity index (χ1) is 8.50. The van der Waals surface area contributed by atoms with E-state index in [-0.39, 0.29) is 0 Å². The Morgan fingerprint density at radius 2 is 2.17 bits per heavy atom. The topological polar surface area (TPSA) is 29.0 Å². The van der Waals surface area contributed by atoms with Gasteiger partial charge in [-0.25, -0.2) is 0 Å². The van der Waals surface area contributed by atoms with E-state index in [0.717, 1.165) is 38.8 Å². The Balaban J connectivity index is 2.05. The predicted octanol–water partition coefficient (Wildman–Crippen LogP) is 3.57. The maximum Gasteiger partial charge on any atom is 0.445 e. The van der Waals surface area contributed by atoms with Crippen molar-refractivity contribution >= 4 is 16.5 Å². The van der Waals surface area contributed by atoms with Gasteiger partial charge < -0.3 is 4.90 Å². The molecule has 0 aliphatic carbocycles. The minimum atomic E-state index is -4.38. The van der Waals surface area contributed by atoms with Crippen LogP contribution in [0.3, 0.4) is 0 Å². The fourth-order valence-corrected chi connectivity index (χ4v) is 3.09. The minimum absolute atomic E-state index is 0.406. The second kappa shape index (κ2) is 5.42. The van der Waals surface area contributed by atoms with Crippen molar-refractivity contribution in [3.63, 3.8) is 0 Å². The number of hydrogen-bond donors (Lipinski definition) is 0. The van der Waals surface area contributed by atoms with Crippen molar-refractivity contribution < 1.29 is 13.2 Å². The summed E-state index contributed by atoms with van der Waals surface area (Å²) in [6, 6.07) is 0. The molecule has 1 aromatic rings. The van der Waals surface area contributed by atoms with Gasteiger partial charge in [-0.15, -0.1) is 10.2 Å². The van der Waals surface area contributed by atoms with E-state index in [1.165, 1.54) is 0 Å². The fraction of sp³-hybridized carbons (Fsp3) is 0.818. The zero-order valence-electron chi connectivity index (χ0n) is 10.2. The molecular formula is C11H16F3N3S. The third-order valence-corrected chi connectivity index (χ3v) is 4.17. The van der Waals surface area contributed by atoms with Crippen molar-refractivity contribution in [3.05, 3.63) is 5.01 Å². The number of hydrogen-bond acceptors (Lipinski definition) is 4. The summed E-state index contributed by atoms with van der Waals surface area (Å²) in [5.41, 5.74) is 0. The van der Waals surface area contributed by atoms with Gasteiger partial charge in [0.1, 0.15) is 0 Å². The molecule has 0 spiro atoms. The summed E-state index contributed by atoms with van der Waals surface area (Å²) in [4.78, 5) is 1.94. The monoisotopic (exact) mass is 279 g/mol. The summed E-state index contributed by atoms with van der Waals surface area (Å²) in [5, 5.41) is 6.46. The molecule has 0 N–H and O–H groups in total. The van der Waals surface area contributed by atoms with Gasteiger partial charge in [-0.1, -0.05) is 24.7 Å². The first-order valence-electron chi connectivity index (χ1n) is 6.16. The van der Waals surface area contributed by atoms with Crippen LogP contribution in [0.1, 0.15) is 37.6 Å². The standard InChI is InChI=1S/C11H16F3N3S/c1-2-4-8-5-3-6-17(7-8)10-16-15-9(18-10)11(12,13)14/h8H,2-7H2,1H3. The van der Waals surface area contributed by atoms with Crippen LogP contribution in [0.25, 0.3) is 0 Å². The van der Waals surface area contributed by atoms with Gasteiger partial charge in [-0.2, -0.15) is 13.2 Å². The highest BCUT2D eigenvalue weighted by molar-refractivity contribution is 7.15. The average Bonchev–Trinajstić information content (AvgIpc) is 2.78. The maximum absolute atomic E-state index is 12.5. The molecule has 0 amide bonds. The number of anilines is 1. The first-order valence-corrected chi connectivity index (χ1v) is 6.98. The van der Waals surface area contributed by atoms with E-state index in [0.29, 0.717) is 22.4 Å². The molecule has 1 unspecified atom stereocenters. The molecule has 1 saturated heterocycles. The summed E-state index contributed by atoms with van der Waals surface area (Å²) in [6.07, 6.45) is 0.0409. The van der Waals surface area contributed by atoms with Gasteiger partial charge in [0.2, 0.25) is 10.1 Å². The molecule has 18 heavy (non-hydrogen) atoms. The van der Waals surface area contributed by atoms with Crippen LogP contribution in [-0.2, 0) is 6.18 Å². The number of alkyl halides is 3. The molecule has 0 bridgehead atoms. The molecule has 0 radical (unpaired) electrons. The van der Waals surface area contributed by atoms with E-state index in [4.69, 9.17) is 0 Å². The minimum Gasteiger partial charge on any atom is -0.346 e. The van der Waals surface area contributed by atoms with Gasteiger partial charge in [0.05, 0.1) is 0 Å². The molecular weight excluding hydrogens is 263 g/mol. The summed E-state index contributed by atoms with van der Waals surface area (Å²) < 4.78 is 37.4. The molecule has 1 aromatic heterocycles. The van der Waals surface area contributed by atoms with Crippen LogP contribution in [0.2, 0.25) is 0 Å². The van der Waals surface area contributed by atoms with E-state index in [1.54, 1.807) is 0 Å². The average molecular weight is 279 g/mol. The Labute approximate surface area is 108 Å². The second-order valence-electron chi connectivity index (χ2n) is 4.63. The summed E-state index contributed by atoms with van der Waals surface area (Å²) in [5.74, 6) is 0.571. The Morgan fingerprint density at radius 3 is 2.78 bits per heavy atom. The lowest BCUT2D eigenvalue weighted by Crippen LogP contribution is -2.35. The Hall–Kier alpha value is -0.850. The largest absolute Gasteiger partial charge is 0.445 e. The van der Waals surface area contributed by atoms with E-state index in [1.807, 2.05) is 4.90 Å². The summed E-state index contributed by atoms with van der Waals surface area (Å²) in [6.45, 7) is 3.72. The van der Waals surface area contributed by atoms with Gasteiger partial charge >= 0.3 is 6.18 Å². The number of rotatable bonds is 3. The van der Waals surface area contributed by atoms with Crippen LogP contribution in [0, 0.1) is 5.92 Å². The highest BCUT2D eigenvalue weighted by atomic mass is 32.1. The molecule has 1 fully saturated rings. The number of nitrogens with zero attached hydrogens (tertiary/aromatic N) is 3. The van der Waals surface area contributed by atoms with Crippen molar-refractivity contribution in [2.75, 3.05) is 18.0 Å². The molecule has 0 saturated carbocycles. The van der Waals surface area contributed by atoms with Crippen molar-refractivity contribution in [1.29, 1.82) is 0 Å². The number of piperidine rings is 1. The Morgan fingerprint density at radius 1 is 1.39 bits per heavy atom. The first kappa shape index (κ1) is 13.6. The highest BCUT2D eigenvalue weighted by Gasteiger charge is 2.36. The smallest absolute Gasteiger partial charge is 0.346 e. The lowest BCUT2D eigenvalue weighted by atomic mass is 9.94. The van der Waals surface area contributed by atoms with Crippen LogP contribution in [0.5, 0.6) is 0 Å². The molecule has 1 atom stereocenters. The quantitative estimate of drug-likeness (QED) is 0.847. The normalized spacial score (nSPS) is 21.3. The van der Waals surface area contributed by atoms with Gasteiger partial charge in [0.15, 0.2) is 0 Å². The van der Waals surface area contributed by atoms with Crippen LogP contribution in [0.15, 0.2) is 0 Å². The van der Waals surface area contributed by atoms with Gasteiger partial charge in [0.25, 0.3) is 0 Å². The van der Waals surface area contributed by atoms with Crippen LogP contribution in [0.4, 0.5) is 18.3 Å². The summed E-state index contributed by atoms with van der Waals surface area (Å²) in [7, 11) is 0. The summed E-state index contributed by atoms with van der Waals surface area (Å²) >= 11 is 0.645. The predicted molar refractivity (Wildman–Crippen MR) is 64.8 cm³/mol. The molecule has 102 valence electrons. The molecule has 7 heteroatoms. The van der Waals surface area contributed by atoms with Crippen molar-refractivity contribution in [2.24, 2.45) is 5.92 Å². The van der Waals surface area contributed by atoms with E-state index in [9.17, 15) is 13.2 Å². The van der Waals surface area contributed by atoms with Gasteiger partial charge in [-0.3, -0.25) is 0 Å². The lowest BCUT2D eigenvalue weighted by molar-refractivity contribution is -0.138. The second-order valence-corrected chi connectivity index (χ2v) is 5.59. The molecule has 2 rings (SSSR count). The third-order valence-electron chi connectivity index (χ3n) is 3.14. The highest BCUT2D eigenvalue weighted by Crippen LogP contribution is 2.35. The zero-order chi connectivity index (χ0) is 13.2. The Bertz CT molecular complexity index is 389. The molecule has 3 nitrogen and oxygen atoms in total. The third kappa shape index (κ3) is 3.13. The maximum atomic E-state index is 12.5. The lowest BCUT2D eigenvalue weighted by Gasteiger charge is -2.32. The number of aromatic nitrogens is 2. The molecule has 1 aliphatic rings. The van der Waals surface area contributed by atoms with Crippen molar-refractivity contribution in [2.45, 2.75) is 38.8 Å². The fourth-order valence-electron chi connectivity index (χ4n) is 2.34. The zero-order valence-corrected chi connectivity index (χ0v) is 11.0. The van der Waals surface area contributed by atoms with E-state index < -0.39 is 11.2 Å². The molecule has 2 heterocycles. The van der Waals surface area contributed by atoms with Gasteiger partial charge in [0, 0.05) is 13.1 Å². The van der Waals surface area contributed by atoms with Crippen molar-refractivity contribution in [1.82, 2.24) is 10.2 Å². The van der Waals surface area contributed by atoms with E-state index >= 15 is 0 Å². The molecule has 0 aromatic carbocycles. The van der Waals surface area contributed by atoms with Crippen molar-refractivity contribution in [3.8, 4) is 0 Å². The Kier molecular flexibility index (Phi) is 4.09. The molecule has 1 aliphatic heterocycles. The SMILES string of the molecule is CCCC1CCCN(c2nnc(C(F)(F)F)s2)C1. The van der Waals surface area contributed by atoms with Crippen LogP contribution in [-0.4, -0.2) is 23.3 Å². The van der Waals surface area contributed by atoms with Gasteiger partial charge in [-0.05, 0) is 25.2 Å².